The van der Waals surface area contributed by atoms with Crippen LogP contribution in [0.4, 0.5) is 13.2 Å². The average molecular weight is 359 g/mol. The third-order valence-corrected chi connectivity index (χ3v) is 3.34. The quantitative estimate of drug-likeness (QED) is 0.702. The van der Waals surface area contributed by atoms with Crippen molar-refractivity contribution in [1.82, 2.24) is 0 Å². The highest BCUT2D eigenvalue weighted by Crippen LogP contribution is 2.33. The number of rotatable bonds is 5. The van der Waals surface area contributed by atoms with E-state index in [1.807, 2.05) is 0 Å². The first-order valence-electron chi connectivity index (χ1n) is 7.07. The highest BCUT2D eigenvalue weighted by Gasteiger charge is 2.31. The lowest BCUT2D eigenvalue weighted by Gasteiger charge is -2.19. The molecule has 0 amide bonds. The van der Waals surface area contributed by atoms with Crippen molar-refractivity contribution < 1.29 is 27.4 Å². The SMILES string of the molecule is CCOC(=O)C(Oc1cccc(C(F)(F)F)c1)c1ccc(Cl)cc1. The van der Waals surface area contributed by atoms with Crippen LogP contribution in [0.5, 0.6) is 5.75 Å². The lowest BCUT2D eigenvalue weighted by Crippen LogP contribution is -2.21. The molecule has 0 fully saturated rings. The second kappa shape index (κ2) is 7.57. The van der Waals surface area contributed by atoms with E-state index in [1.165, 1.54) is 12.1 Å². The van der Waals surface area contributed by atoms with Crippen LogP contribution in [0.25, 0.3) is 0 Å². The first kappa shape index (κ1) is 18.1. The van der Waals surface area contributed by atoms with Crippen molar-refractivity contribution in [3.05, 3.63) is 64.7 Å². The molecule has 24 heavy (non-hydrogen) atoms. The fourth-order valence-electron chi connectivity index (χ4n) is 1.99. The molecular formula is C17H14ClF3O3. The second-order valence-corrected chi connectivity index (χ2v) is 5.26. The van der Waals surface area contributed by atoms with Gasteiger partial charge in [-0.2, -0.15) is 13.2 Å². The van der Waals surface area contributed by atoms with Gasteiger partial charge in [-0.3, -0.25) is 0 Å². The minimum absolute atomic E-state index is 0.0853. The maximum atomic E-state index is 12.8. The third kappa shape index (κ3) is 4.64. The van der Waals surface area contributed by atoms with Gasteiger partial charge in [-0.15, -0.1) is 0 Å². The smallest absolute Gasteiger partial charge is 0.416 e. The van der Waals surface area contributed by atoms with Crippen molar-refractivity contribution in [3.8, 4) is 5.75 Å². The molecule has 128 valence electrons. The Kier molecular flexibility index (Phi) is 5.72. The number of carbonyl (C=O) groups is 1. The minimum Gasteiger partial charge on any atom is -0.474 e. The van der Waals surface area contributed by atoms with E-state index >= 15 is 0 Å². The number of esters is 1. The number of hydrogen-bond donors (Lipinski definition) is 0. The Balaban J connectivity index is 2.32. The standard InChI is InChI=1S/C17H14ClF3O3/c1-2-23-16(22)15(11-6-8-13(18)9-7-11)24-14-5-3-4-12(10-14)17(19,20)21/h3-10,15H,2H2,1H3. The van der Waals surface area contributed by atoms with Gasteiger partial charge in [0.1, 0.15) is 5.75 Å². The van der Waals surface area contributed by atoms with Crippen LogP contribution in [0.1, 0.15) is 24.2 Å². The number of halogens is 4. The maximum absolute atomic E-state index is 12.8. The van der Waals surface area contributed by atoms with Gasteiger partial charge in [0.25, 0.3) is 0 Å². The van der Waals surface area contributed by atoms with E-state index in [4.69, 9.17) is 21.1 Å². The van der Waals surface area contributed by atoms with Gasteiger partial charge in [-0.05, 0) is 37.3 Å². The van der Waals surface area contributed by atoms with Crippen molar-refractivity contribution in [2.24, 2.45) is 0 Å². The third-order valence-electron chi connectivity index (χ3n) is 3.09. The largest absolute Gasteiger partial charge is 0.474 e. The fraction of sp³-hybridized carbons (Fsp3) is 0.235. The summed E-state index contributed by atoms with van der Waals surface area (Å²) in [4.78, 5) is 12.1. The highest BCUT2D eigenvalue weighted by atomic mass is 35.5. The summed E-state index contributed by atoms with van der Waals surface area (Å²) in [6, 6.07) is 10.5. The van der Waals surface area contributed by atoms with Gasteiger partial charge in [0, 0.05) is 10.6 Å². The van der Waals surface area contributed by atoms with Crippen LogP contribution in [-0.4, -0.2) is 12.6 Å². The summed E-state index contributed by atoms with van der Waals surface area (Å²) in [7, 11) is 0. The Morgan fingerprint density at radius 2 is 1.83 bits per heavy atom. The van der Waals surface area contributed by atoms with E-state index in [0.29, 0.717) is 10.6 Å². The Bertz CT molecular complexity index is 699. The van der Waals surface area contributed by atoms with Gasteiger partial charge in [-0.1, -0.05) is 29.8 Å². The van der Waals surface area contributed by atoms with Crippen LogP contribution in [0, 0.1) is 0 Å². The molecule has 0 N–H and O–H groups in total. The molecule has 2 aromatic carbocycles. The molecule has 7 heteroatoms. The number of alkyl halides is 3. The Labute approximate surface area is 142 Å². The summed E-state index contributed by atoms with van der Waals surface area (Å²) in [6.45, 7) is 1.75. The van der Waals surface area contributed by atoms with Crippen LogP contribution >= 0.6 is 11.6 Å². The molecule has 0 aliphatic carbocycles. The normalized spacial score (nSPS) is 12.5. The van der Waals surface area contributed by atoms with Crippen molar-refractivity contribution >= 4 is 17.6 Å². The number of ether oxygens (including phenoxy) is 2. The summed E-state index contributed by atoms with van der Waals surface area (Å²) in [5.41, 5.74) is -0.436. The summed E-state index contributed by atoms with van der Waals surface area (Å²) < 4.78 is 48.8. The monoisotopic (exact) mass is 358 g/mol. The van der Waals surface area contributed by atoms with Gasteiger partial charge in [-0.25, -0.2) is 4.79 Å². The van der Waals surface area contributed by atoms with Crippen LogP contribution in [-0.2, 0) is 15.7 Å². The van der Waals surface area contributed by atoms with E-state index in [0.717, 1.165) is 12.1 Å². The van der Waals surface area contributed by atoms with Crippen molar-refractivity contribution in [1.29, 1.82) is 0 Å². The van der Waals surface area contributed by atoms with Gasteiger partial charge in [0.2, 0.25) is 6.10 Å². The van der Waals surface area contributed by atoms with Crippen molar-refractivity contribution in [3.63, 3.8) is 0 Å². The molecule has 0 aromatic heterocycles. The summed E-state index contributed by atoms with van der Waals surface area (Å²) in [6.07, 6.45) is -5.69. The van der Waals surface area contributed by atoms with Gasteiger partial charge >= 0.3 is 12.1 Å². The lowest BCUT2D eigenvalue weighted by molar-refractivity contribution is -0.151. The van der Waals surface area contributed by atoms with Crippen LogP contribution in [0.15, 0.2) is 48.5 Å². The molecule has 2 aromatic rings. The zero-order valence-corrected chi connectivity index (χ0v) is 13.4. The molecular weight excluding hydrogens is 345 g/mol. The molecule has 3 nitrogen and oxygen atoms in total. The summed E-state index contributed by atoms with van der Waals surface area (Å²) in [5, 5.41) is 0.459. The molecule has 0 heterocycles. The highest BCUT2D eigenvalue weighted by molar-refractivity contribution is 6.30. The molecule has 0 aliphatic rings. The predicted octanol–water partition coefficient (Wildman–Crippen LogP) is 5.04. The number of benzene rings is 2. The number of carbonyl (C=O) groups excluding carboxylic acids is 1. The topological polar surface area (TPSA) is 35.5 Å². The Morgan fingerprint density at radius 3 is 2.42 bits per heavy atom. The molecule has 1 unspecified atom stereocenters. The van der Waals surface area contributed by atoms with Crippen molar-refractivity contribution in [2.75, 3.05) is 6.61 Å². The second-order valence-electron chi connectivity index (χ2n) is 4.83. The van der Waals surface area contributed by atoms with Crippen LogP contribution in [0.2, 0.25) is 5.02 Å². The first-order chi connectivity index (χ1) is 11.3. The fourth-order valence-corrected chi connectivity index (χ4v) is 2.12. The molecule has 0 radical (unpaired) electrons. The van der Waals surface area contributed by atoms with Crippen molar-refractivity contribution in [2.45, 2.75) is 19.2 Å². The van der Waals surface area contributed by atoms with Crippen LogP contribution < -0.4 is 4.74 Å². The molecule has 0 spiro atoms. The van der Waals surface area contributed by atoms with E-state index in [9.17, 15) is 18.0 Å². The molecule has 1 atom stereocenters. The van der Waals surface area contributed by atoms with Gasteiger partial charge < -0.3 is 9.47 Å². The zero-order valence-electron chi connectivity index (χ0n) is 12.6. The lowest BCUT2D eigenvalue weighted by atomic mass is 10.1. The zero-order chi connectivity index (χ0) is 17.7. The molecule has 0 bridgehead atoms. The Morgan fingerprint density at radius 1 is 1.17 bits per heavy atom. The van der Waals surface area contributed by atoms with Gasteiger partial charge in [0.15, 0.2) is 0 Å². The van der Waals surface area contributed by atoms with E-state index < -0.39 is 23.8 Å². The van der Waals surface area contributed by atoms with E-state index in [1.54, 1.807) is 31.2 Å². The Hall–Kier alpha value is -2.21. The molecule has 0 saturated heterocycles. The maximum Gasteiger partial charge on any atom is 0.416 e. The van der Waals surface area contributed by atoms with E-state index in [2.05, 4.69) is 0 Å². The number of hydrogen-bond acceptors (Lipinski definition) is 3. The molecule has 0 saturated carbocycles. The first-order valence-corrected chi connectivity index (χ1v) is 7.45. The molecule has 0 aliphatic heterocycles. The van der Waals surface area contributed by atoms with Gasteiger partial charge in [0.05, 0.1) is 12.2 Å². The average Bonchev–Trinajstić information content (AvgIpc) is 2.53. The predicted molar refractivity (Wildman–Crippen MR) is 82.9 cm³/mol. The summed E-state index contributed by atoms with van der Waals surface area (Å²) in [5.74, 6) is -0.782. The minimum atomic E-state index is -4.50. The summed E-state index contributed by atoms with van der Waals surface area (Å²) >= 11 is 5.81. The van der Waals surface area contributed by atoms with E-state index in [-0.39, 0.29) is 12.4 Å². The molecule has 2 rings (SSSR count). The van der Waals surface area contributed by atoms with Crippen LogP contribution in [0.3, 0.4) is 0 Å².